The normalized spacial score (nSPS) is 9.00. The Kier molecular flexibility index (Phi) is 5.84. The highest BCUT2D eigenvalue weighted by atomic mass is 35.5. The van der Waals surface area contributed by atoms with Crippen molar-refractivity contribution in [3.05, 3.63) is 39.9 Å². The molecule has 0 atom stereocenters. The summed E-state index contributed by atoms with van der Waals surface area (Å²) >= 11 is 0. The first-order valence-electron chi connectivity index (χ1n) is 4.56. The predicted molar refractivity (Wildman–Crippen MR) is 63.8 cm³/mol. The molecule has 0 amide bonds. The highest BCUT2D eigenvalue weighted by Gasteiger charge is 2.14. The number of esters is 1. The fourth-order valence-corrected chi connectivity index (χ4v) is 1.07. The molecule has 1 N–H and O–H groups in total. The van der Waals surface area contributed by atoms with Crippen LogP contribution in [0, 0.1) is 15.5 Å². The van der Waals surface area contributed by atoms with Crippen molar-refractivity contribution >= 4 is 29.8 Å². The van der Waals surface area contributed by atoms with Gasteiger partial charge in [0, 0.05) is 17.7 Å². The molecule has 0 unspecified atom stereocenters. The number of non-ortho nitro benzene ring substituents is 1. The number of nitro groups is 1. The number of hydrogen-bond donors (Lipinski definition) is 1. The van der Waals surface area contributed by atoms with Gasteiger partial charge in [0.15, 0.2) is 0 Å². The lowest BCUT2D eigenvalue weighted by atomic mass is 10.1. The van der Waals surface area contributed by atoms with Crippen LogP contribution in [0.3, 0.4) is 0 Å². The molecule has 0 heterocycles. The van der Waals surface area contributed by atoms with Gasteiger partial charge in [-0.25, -0.2) is 4.79 Å². The molecule has 0 bridgehead atoms. The van der Waals surface area contributed by atoms with Gasteiger partial charge in [-0.05, 0) is 19.1 Å². The van der Waals surface area contributed by atoms with Gasteiger partial charge in [0.05, 0.1) is 11.5 Å². The summed E-state index contributed by atoms with van der Waals surface area (Å²) in [6, 6.07) is 5.17. The van der Waals surface area contributed by atoms with Crippen LogP contribution >= 0.6 is 12.4 Å². The highest BCUT2D eigenvalue weighted by Crippen LogP contribution is 2.12. The number of nitrogens with zero attached hydrogens (tertiary/aromatic N) is 1. The van der Waals surface area contributed by atoms with Gasteiger partial charge in [0.1, 0.15) is 5.71 Å². The van der Waals surface area contributed by atoms with E-state index in [-0.39, 0.29) is 30.4 Å². The zero-order valence-electron chi connectivity index (χ0n) is 9.00. The summed E-state index contributed by atoms with van der Waals surface area (Å²) in [5.41, 5.74) is -0.0961. The molecule has 1 aromatic carbocycles. The van der Waals surface area contributed by atoms with E-state index in [1.807, 2.05) is 0 Å². The fourth-order valence-electron chi connectivity index (χ4n) is 1.07. The first-order chi connectivity index (χ1) is 7.56. The zero-order chi connectivity index (χ0) is 12.1. The lowest BCUT2D eigenvalue weighted by Crippen LogP contribution is -2.17. The van der Waals surface area contributed by atoms with Gasteiger partial charge in [0.25, 0.3) is 5.69 Å². The largest absolute Gasteiger partial charge is 0.461 e. The van der Waals surface area contributed by atoms with Crippen LogP contribution in [-0.4, -0.2) is 23.2 Å². The van der Waals surface area contributed by atoms with Gasteiger partial charge >= 0.3 is 5.97 Å². The Morgan fingerprint density at radius 1 is 1.41 bits per heavy atom. The average molecular weight is 259 g/mol. The summed E-state index contributed by atoms with van der Waals surface area (Å²) in [4.78, 5) is 21.0. The molecule has 0 spiro atoms. The number of ether oxygens (including phenoxy) is 1. The van der Waals surface area contributed by atoms with Gasteiger partial charge < -0.3 is 4.74 Å². The van der Waals surface area contributed by atoms with Crippen LogP contribution in [0.5, 0.6) is 0 Å². The minimum Gasteiger partial charge on any atom is -0.461 e. The molecule has 0 aliphatic rings. The predicted octanol–water partition coefficient (Wildman–Crippen LogP) is 1.95. The zero-order valence-corrected chi connectivity index (χ0v) is 9.82. The molecule has 0 aliphatic heterocycles. The number of benzene rings is 1. The van der Waals surface area contributed by atoms with E-state index in [0.717, 1.165) is 0 Å². The third kappa shape index (κ3) is 3.84. The summed E-state index contributed by atoms with van der Waals surface area (Å²) in [6.07, 6.45) is 0. The van der Waals surface area contributed by atoms with E-state index in [4.69, 9.17) is 5.41 Å². The van der Waals surface area contributed by atoms with Crippen molar-refractivity contribution in [2.24, 2.45) is 0 Å². The second-order valence-electron chi connectivity index (χ2n) is 2.90. The van der Waals surface area contributed by atoms with E-state index in [2.05, 4.69) is 4.74 Å². The number of nitrogens with one attached hydrogen (secondary N) is 1. The number of hydrogen-bond acceptors (Lipinski definition) is 5. The minimum absolute atomic E-state index is 0. The molecule has 6 nitrogen and oxygen atoms in total. The second kappa shape index (κ2) is 6.59. The molecule has 0 aromatic heterocycles. The minimum atomic E-state index is -0.739. The molecular weight excluding hydrogens is 248 g/mol. The molecule has 0 radical (unpaired) electrons. The van der Waals surface area contributed by atoms with Gasteiger partial charge in [-0.15, -0.1) is 12.4 Å². The summed E-state index contributed by atoms with van der Waals surface area (Å²) in [6.45, 7) is 1.83. The van der Waals surface area contributed by atoms with E-state index < -0.39 is 10.9 Å². The number of carbonyl (C=O) groups excluding carboxylic acids is 1. The summed E-state index contributed by atoms with van der Waals surface area (Å²) < 4.78 is 4.64. The van der Waals surface area contributed by atoms with Crippen molar-refractivity contribution < 1.29 is 14.5 Å². The lowest BCUT2D eigenvalue weighted by Gasteiger charge is -2.02. The Balaban J connectivity index is 0.00000256. The van der Waals surface area contributed by atoms with Crippen LogP contribution in [0.2, 0.25) is 0 Å². The van der Waals surface area contributed by atoms with Gasteiger partial charge in [-0.3, -0.25) is 15.5 Å². The van der Waals surface area contributed by atoms with Gasteiger partial charge in [0.2, 0.25) is 0 Å². The molecule has 0 aliphatic carbocycles. The van der Waals surface area contributed by atoms with E-state index in [1.165, 1.54) is 24.3 Å². The molecule has 17 heavy (non-hydrogen) atoms. The molecule has 92 valence electrons. The number of rotatable bonds is 4. The van der Waals surface area contributed by atoms with Crippen LogP contribution in [0.15, 0.2) is 24.3 Å². The van der Waals surface area contributed by atoms with Crippen molar-refractivity contribution in [3.8, 4) is 0 Å². The van der Waals surface area contributed by atoms with Crippen LogP contribution in [-0.2, 0) is 9.53 Å². The Morgan fingerprint density at radius 3 is 2.35 bits per heavy atom. The maximum absolute atomic E-state index is 11.2. The number of nitro benzene ring substituents is 1. The Bertz CT molecular complexity index is 430. The topological polar surface area (TPSA) is 93.3 Å². The molecule has 7 heteroatoms. The molecular formula is C10H11ClN2O4. The standard InChI is InChI=1S/C10H10N2O4.ClH/c1-2-16-10(13)9(11)7-3-5-8(6-4-7)12(14)15;/h3-6,11H,2H2,1H3;1H. The van der Waals surface area contributed by atoms with Crippen molar-refractivity contribution in [1.82, 2.24) is 0 Å². The van der Waals surface area contributed by atoms with E-state index >= 15 is 0 Å². The third-order valence-corrected chi connectivity index (χ3v) is 1.85. The smallest absolute Gasteiger partial charge is 0.356 e. The second-order valence-corrected chi connectivity index (χ2v) is 2.90. The molecule has 0 fully saturated rings. The molecule has 1 rings (SSSR count). The third-order valence-electron chi connectivity index (χ3n) is 1.85. The van der Waals surface area contributed by atoms with Crippen LogP contribution in [0.4, 0.5) is 5.69 Å². The van der Waals surface area contributed by atoms with E-state index in [1.54, 1.807) is 6.92 Å². The van der Waals surface area contributed by atoms with Crippen molar-refractivity contribution in [2.45, 2.75) is 6.92 Å². The summed E-state index contributed by atoms with van der Waals surface area (Å²) in [5, 5.41) is 17.9. The number of carbonyl (C=O) groups is 1. The highest BCUT2D eigenvalue weighted by molar-refractivity contribution is 6.41. The van der Waals surface area contributed by atoms with Crippen molar-refractivity contribution in [1.29, 1.82) is 5.41 Å². The summed E-state index contributed by atoms with van der Waals surface area (Å²) in [7, 11) is 0. The SMILES string of the molecule is CCOC(=O)C(=N)c1ccc([N+](=O)[O-])cc1.Cl. The monoisotopic (exact) mass is 258 g/mol. The molecule has 0 saturated carbocycles. The van der Waals surface area contributed by atoms with Gasteiger partial charge in [-0.1, -0.05) is 0 Å². The lowest BCUT2D eigenvalue weighted by molar-refractivity contribution is -0.384. The first kappa shape index (κ1) is 15.0. The Morgan fingerprint density at radius 2 is 1.94 bits per heavy atom. The van der Waals surface area contributed by atoms with Crippen molar-refractivity contribution in [3.63, 3.8) is 0 Å². The van der Waals surface area contributed by atoms with Crippen molar-refractivity contribution in [2.75, 3.05) is 6.61 Å². The molecule has 0 saturated heterocycles. The first-order valence-corrected chi connectivity index (χ1v) is 4.56. The average Bonchev–Trinajstić information content (AvgIpc) is 2.28. The van der Waals surface area contributed by atoms with Crippen LogP contribution in [0.1, 0.15) is 12.5 Å². The van der Waals surface area contributed by atoms with Gasteiger partial charge in [-0.2, -0.15) is 0 Å². The van der Waals surface area contributed by atoms with E-state index in [0.29, 0.717) is 5.56 Å². The van der Waals surface area contributed by atoms with Crippen LogP contribution < -0.4 is 0 Å². The summed E-state index contributed by atoms with van der Waals surface area (Å²) in [5.74, 6) is -0.739. The number of halogens is 1. The fraction of sp³-hybridized carbons (Fsp3) is 0.200. The maximum atomic E-state index is 11.2. The molecule has 1 aromatic rings. The maximum Gasteiger partial charge on any atom is 0.356 e. The van der Waals surface area contributed by atoms with E-state index in [9.17, 15) is 14.9 Å². The quantitative estimate of drug-likeness (QED) is 0.386. The van der Waals surface area contributed by atoms with Crippen LogP contribution in [0.25, 0.3) is 0 Å². The Labute approximate surface area is 104 Å². The Hall–Kier alpha value is -1.95.